The lowest BCUT2D eigenvalue weighted by atomic mass is 10.1. The Labute approximate surface area is 74.5 Å². The van der Waals surface area contributed by atoms with E-state index in [0.29, 0.717) is 6.42 Å². The van der Waals surface area contributed by atoms with Crippen LogP contribution in [0.25, 0.3) is 0 Å². The van der Waals surface area contributed by atoms with Crippen molar-refractivity contribution in [3.8, 4) is 0 Å². The van der Waals surface area contributed by atoms with Crippen LogP contribution in [-0.4, -0.2) is 18.2 Å². The van der Waals surface area contributed by atoms with E-state index in [0.717, 1.165) is 0 Å². The van der Waals surface area contributed by atoms with E-state index in [2.05, 4.69) is 5.32 Å². The fourth-order valence-corrected chi connectivity index (χ4v) is 0.917. The number of nitrogens with two attached hydrogens (primary N) is 1. The molecule has 0 aromatic carbocycles. The van der Waals surface area contributed by atoms with Gasteiger partial charge in [0.2, 0.25) is 0 Å². The van der Waals surface area contributed by atoms with Crippen LogP contribution in [0, 0.1) is 0 Å². The van der Waals surface area contributed by atoms with E-state index < -0.39 is 24.7 Å². The van der Waals surface area contributed by atoms with Crippen molar-refractivity contribution in [3.05, 3.63) is 0 Å². The number of urea groups is 1. The molecule has 0 saturated heterocycles. The highest BCUT2D eigenvalue weighted by atomic mass is 19.4. The van der Waals surface area contributed by atoms with E-state index in [-0.39, 0.29) is 6.42 Å². The summed E-state index contributed by atoms with van der Waals surface area (Å²) in [4.78, 5) is 10.3. The molecule has 78 valence electrons. The summed E-state index contributed by atoms with van der Waals surface area (Å²) in [6, 6.07) is -1.27. The van der Waals surface area contributed by atoms with E-state index >= 15 is 0 Å². The van der Waals surface area contributed by atoms with Gasteiger partial charge in [0.05, 0.1) is 0 Å². The number of amides is 2. The van der Waals surface area contributed by atoms with Crippen LogP contribution in [0.4, 0.5) is 18.0 Å². The number of hydrogen-bond acceptors (Lipinski definition) is 1. The summed E-state index contributed by atoms with van der Waals surface area (Å²) in [7, 11) is 0. The molecule has 0 bridgehead atoms. The van der Waals surface area contributed by atoms with Crippen molar-refractivity contribution < 1.29 is 18.0 Å². The van der Waals surface area contributed by atoms with Gasteiger partial charge < -0.3 is 11.1 Å². The number of halogens is 3. The van der Waals surface area contributed by atoms with Crippen molar-refractivity contribution in [2.24, 2.45) is 5.73 Å². The summed E-state index contributed by atoms with van der Waals surface area (Å²) in [5.74, 6) is 0. The van der Waals surface area contributed by atoms with Crippen molar-refractivity contribution in [2.45, 2.75) is 38.4 Å². The van der Waals surface area contributed by atoms with Gasteiger partial charge in [-0.1, -0.05) is 6.92 Å². The second-order valence-electron chi connectivity index (χ2n) is 2.77. The summed E-state index contributed by atoms with van der Waals surface area (Å²) in [5.41, 5.74) is 4.78. The fourth-order valence-electron chi connectivity index (χ4n) is 0.917. The maximum atomic E-state index is 11.7. The van der Waals surface area contributed by atoms with Crippen LogP contribution < -0.4 is 11.1 Å². The second kappa shape index (κ2) is 4.94. The Kier molecular flexibility index (Phi) is 4.58. The number of alkyl halides is 3. The van der Waals surface area contributed by atoms with Crippen LogP contribution in [0.1, 0.15) is 26.2 Å². The Hall–Kier alpha value is -0.940. The highest BCUT2D eigenvalue weighted by Crippen LogP contribution is 2.22. The lowest BCUT2D eigenvalue weighted by Crippen LogP contribution is -2.38. The summed E-state index contributed by atoms with van der Waals surface area (Å²) in [5, 5.41) is 2.24. The van der Waals surface area contributed by atoms with Crippen molar-refractivity contribution in [1.82, 2.24) is 5.32 Å². The molecule has 1 unspecified atom stereocenters. The van der Waals surface area contributed by atoms with E-state index in [1.54, 1.807) is 6.92 Å². The van der Waals surface area contributed by atoms with Crippen molar-refractivity contribution >= 4 is 6.03 Å². The third-order valence-corrected chi connectivity index (χ3v) is 1.62. The van der Waals surface area contributed by atoms with E-state index in [9.17, 15) is 18.0 Å². The molecule has 6 heteroatoms. The molecule has 0 aromatic rings. The Bertz CT molecular complexity index is 170. The van der Waals surface area contributed by atoms with E-state index in [1.807, 2.05) is 0 Å². The van der Waals surface area contributed by atoms with Gasteiger partial charge in [-0.3, -0.25) is 0 Å². The molecule has 0 radical (unpaired) electrons. The molecule has 0 fully saturated rings. The standard InChI is InChI=1S/C7H13F3N2O/c1-2-5(12-6(11)13)3-4-7(8,9)10/h5H,2-4H2,1H3,(H3,11,12,13). The average Bonchev–Trinajstić information content (AvgIpc) is 1.95. The number of primary amides is 1. The van der Waals surface area contributed by atoms with Crippen LogP contribution in [0.15, 0.2) is 0 Å². The highest BCUT2D eigenvalue weighted by molar-refractivity contribution is 5.71. The number of hydrogen-bond donors (Lipinski definition) is 2. The molecule has 13 heavy (non-hydrogen) atoms. The first-order valence-electron chi connectivity index (χ1n) is 3.98. The van der Waals surface area contributed by atoms with Crippen LogP contribution in [0.3, 0.4) is 0 Å². The Morgan fingerprint density at radius 1 is 1.54 bits per heavy atom. The first-order valence-corrected chi connectivity index (χ1v) is 3.98. The number of carbonyl (C=O) groups excluding carboxylic acids is 1. The SMILES string of the molecule is CCC(CCC(F)(F)F)NC(N)=O. The minimum absolute atomic E-state index is 0.122. The lowest BCUT2D eigenvalue weighted by molar-refractivity contribution is -0.136. The molecule has 0 rings (SSSR count). The Balaban J connectivity index is 3.79. The minimum Gasteiger partial charge on any atom is -0.352 e. The number of rotatable bonds is 4. The third kappa shape index (κ3) is 7.42. The molecule has 0 aromatic heterocycles. The van der Waals surface area contributed by atoms with Gasteiger partial charge in [-0.15, -0.1) is 0 Å². The van der Waals surface area contributed by atoms with Crippen LogP contribution in [0.5, 0.6) is 0 Å². The molecule has 0 aliphatic carbocycles. The Morgan fingerprint density at radius 3 is 2.38 bits per heavy atom. The van der Waals surface area contributed by atoms with Crippen molar-refractivity contribution in [3.63, 3.8) is 0 Å². The topological polar surface area (TPSA) is 55.1 Å². The van der Waals surface area contributed by atoms with Crippen molar-refractivity contribution in [1.29, 1.82) is 0 Å². The Morgan fingerprint density at radius 2 is 2.08 bits per heavy atom. The molecule has 2 amide bonds. The van der Waals surface area contributed by atoms with Gasteiger partial charge in [0.15, 0.2) is 0 Å². The van der Waals surface area contributed by atoms with E-state index in [4.69, 9.17) is 5.73 Å². The zero-order valence-electron chi connectivity index (χ0n) is 7.32. The van der Waals surface area contributed by atoms with E-state index in [1.165, 1.54) is 0 Å². The molecule has 1 atom stereocenters. The molecule has 0 aliphatic heterocycles. The molecular formula is C7H13F3N2O. The maximum Gasteiger partial charge on any atom is 0.389 e. The molecule has 0 saturated carbocycles. The van der Waals surface area contributed by atoms with Gasteiger partial charge in [0, 0.05) is 12.5 Å². The van der Waals surface area contributed by atoms with Gasteiger partial charge >= 0.3 is 12.2 Å². The van der Waals surface area contributed by atoms with Gasteiger partial charge in [-0.25, -0.2) is 4.79 Å². The zero-order valence-corrected chi connectivity index (χ0v) is 7.32. The zero-order chi connectivity index (χ0) is 10.5. The number of carbonyl (C=O) groups is 1. The molecule has 3 nitrogen and oxygen atoms in total. The third-order valence-electron chi connectivity index (χ3n) is 1.62. The van der Waals surface area contributed by atoms with Crippen LogP contribution in [0.2, 0.25) is 0 Å². The molecule has 0 spiro atoms. The van der Waals surface area contributed by atoms with Gasteiger partial charge in [-0.2, -0.15) is 13.2 Å². The van der Waals surface area contributed by atoms with Gasteiger partial charge in [0.1, 0.15) is 0 Å². The molecule has 0 aliphatic rings. The average molecular weight is 198 g/mol. The maximum absolute atomic E-state index is 11.7. The first-order chi connectivity index (χ1) is 5.85. The minimum atomic E-state index is -4.17. The normalized spacial score (nSPS) is 13.8. The first kappa shape index (κ1) is 12.1. The molecule has 0 heterocycles. The summed E-state index contributed by atoms with van der Waals surface area (Å²) < 4.78 is 35.2. The smallest absolute Gasteiger partial charge is 0.352 e. The largest absolute Gasteiger partial charge is 0.389 e. The molecular weight excluding hydrogens is 185 g/mol. The monoisotopic (exact) mass is 198 g/mol. The summed E-state index contributed by atoms with van der Waals surface area (Å²) in [6.07, 6.45) is -4.75. The highest BCUT2D eigenvalue weighted by Gasteiger charge is 2.28. The predicted molar refractivity (Wildman–Crippen MR) is 42.1 cm³/mol. The summed E-state index contributed by atoms with van der Waals surface area (Å²) in [6.45, 7) is 1.69. The van der Waals surface area contributed by atoms with Crippen molar-refractivity contribution in [2.75, 3.05) is 0 Å². The van der Waals surface area contributed by atoms with Gasteiger partial charge in [0.25, 0.3) is 0 Å². The van der Waals surface area contributed by atoms with Crippen LogP contribution >= 0.6 is 0 Å². The van der Waals surface area contributed by atoms with Crippen LogP contribution in [-0.2, 0) is 0 Å². The second-order valence-corrected chi connectivity index (χ2v) is 2.77. The quantitative estimate of drug-likeness (QED) is 0.710. The summed E-state index contributed by atoms with van der Waals surface area (Å²) >= 11 is 0. The predicted octanol–water partition coefficient (Wildman–Crippen LogP) is 1.78. The fraction of sp³-hybridized carbons (Fsp3) is 0.857. The number of nitrogens with one attached hydrogen (secondary N) is 1. The molecule has 3 N–H and O–H groups in total. The lowest BCUT2D eigenvalue weighted by Gasteiger charge is -2.16. The van der Waals surface area contributed by atoms with Gasteiger partial charge in [-0.05, 0) is 12.8 Å².